The fourth-order valence-corrected chi connectivity index (χ4v) is 3.55. The van der Waals surface area contributed by atoms with Crippen molar-refractivity contribution in [1.29, 1.82) is 0 Å². The maximum Gasteiger partial charge on any atom is 0.340 e. The number of amides is 4. The molecular weight excluding hydrogens is 454 g/mol. The van der Waals surface area contributed by atoms with Gasteiger partial charge in [0.1, 0.15) is 12.1 Å². The highest BCUT2D eigenvalue weighted by molar-refractivity contribution is 9.10. The quantitative estimate of drug-likeness (QED) is 0.495. The van der Waals surface area contributed by atoms with Gasteiger partial charge in [-0.3, -0.25) is 14.5 Å². The van der Waals surface area contributed by atoms with E-state index in [2.05, 4.69) is 26.6 Å². The minimum atomic E-state index is -1.29. The summed E-state index contributed by atoms with van der Waals surface area (Å²) in [5, 5.41) is 5.22. The minimum absolute atomic E-state index is 0.184. The average molecular weight is 474 g/mol. The van der Waals surface area contributed by atoms with Crippen LogP contribution in [0.1, 0.15) is 29.8 Å². The molecule has 0 aromatic heterocycles. The molecule has 0 radical (unpaired) electrons. The number of urea groups is 1. The zero-order chi connectivity index (χ0) is 21.9. The Labute approximate surface area is 181 Å². The fraction of sp³-hybridized carbons (Fsp3) is 0.238. The van der Waals surface area contributed by atoms with Crippen molar-refractivity contribution in [2.75, 3.05) is 18.5 Å². The zero-order valence-electron chi connectivity index (χ0n) is 16.4. The van der Waals surface area contributed by atoms with Crippen molar-refractivity contribution in [1.82, 2.24) is 10.2 Å². The maximum absolute atomic E-state index is 13.0. The number of nitrogens with zero attached hydrogens (tertiary/aromatic N) is 1. The van der Waals surface area contributed by atoms with Gasteiger partial charge in [-0.1, -0.05) is 40.2 Å². The van der Waals surface area contributed by atoms with Gasteiger partial charge in [-0.15, -0.1) is 0 Å². The molecule has 2 N–H and O–H groups in total. The summed E-state index contributed by atoms with van der Waals surface area (Å²) in [6, 6.07) is 12.7. The topological polar surface area (TPSA) is 105 Å². The fourth-order valence-electron chi connectivity index (χ4n) is 3.15. The van der Waals surface area contributed by atoms with Gasteiger partial charge in [-0.25, -0.2) is 9.59 Å². The molecule has 30 heavy (non-hydrogen) atoms. The Hall–Kier alpha value is -3.20. The summed E-state index contributed by atoms with van der Waals surface area (Å²) in [6.45, 7) is 2.96. The number of halogens is 1. The number of carbonyl (C=O) groups is 4. The van der Waals surface area contributed by atoms with Gasteiger partial charge < -0.3 is 15.4 Å². The van der Waals surface area contributed by atoms with Crippen LogP contribution in [0.25, 0.3) is 0 Å². The Morgan fingerprint density at radius 3 is 2.60 bits per heavy atom. The molecule has 1 saturated heterocycles. The van der Waals surface area contributed by atoms with E-state index in [0.29, 0.717) is 5.56 Å². The number of nitrogens with one attached hydrogen (secondary N) is 2. The molecule has 2 aromatic rings. The number of hydrogen-bond donors (Lipinski definition) is 2. The second-order valence-electron chi connectivity index (χ2n) is 6.77. The molecule has 1 aliphatic heterocycles. The molecule has 2 aromatic carbocycles. The number of ether oxygens (including phenoxy) is 1. The summed E-state index contributed by atoms with van der Waals surface area (Å²) in [4.78, 5) is 50.9. The standard InChI is InChI=1S/C21H20BrN3O5/c1-3-30-18(27)15-9-4-5-10-16(15)23-17(26)12-25-19(28)21(2,24-20(25)29)13-7-6-8-14(22)11-13/h4-11H,3,12H2,1-2H3,(H,23,26)(H,24,29). The largest absolute Gasteiger partial charge is 0.462 e. The molecule has 3 rings (SSSR count). The van der Waals surface area contributed by atoms with Crippen LogP contribution in [0.15, 0.2) is 53.0 Å². The molecule has 9 heteroatoms. The molecule has 1 unspecified atom stereocenters. The van der Waals surface area contributed by atoms with E-state index in [1.165, 1.54) is 6.07 Å². The lowest BCUT2D eigenvalue weighted by atomic mass is 9.92. The maximum atomic E-state index is 13.0. The van der Waals surface area contributed by atoms with Gasteiger partial charge in [0.25, 0.3) is 5.91 Å². The van der Waals surface area contributed by atoms with E-state index in [4.69, 9.17) is 4.74 Å². The number of benzene rings is 2. The molecular formula is C21H20BrN3O5. The van der Waals surface area contributed by atoms with Gasteiger partial charge in [-0.05, 0) is 43.7 Å². The van der Waals surface area contributed by atoms with Crippen LogP contribution in [0.4, 0.5) is 10.5 Å². The van der Waals surface area contributed by atoms with E-state index in [-0.39, 0.29) is 17.9 Å². The molecule has 1 aliphatic rings. The lowest BCUT2D eigenvalue weighted by molar-refractivity contribution is -0.133. The predicted molar refractivity (Wildman–Crippen MR) is 113 cm³/mol. The Bertz CT molecular complexity index is 1030. The molecule has 1 heterocycles. The summed E-state index contributed by atoms with van der Waals surface area (Å²) >= 11 is 3.35. The molecule has 156 valence electrons. The van der Waals surface area contributed by atoms with Gasteiger partial charge in [0, 0.05) is 4.47 Å². The van der Waals surface area contributed by atoms with Crippen LogP contribution < -0.4 is 10.6 Å². The van der Waals surface area contributed by atoms with Crippen LogP contribution in [-0.2, 0) is 19.9 Å². The third-order valence-electron chi connectivity index (χ3n) is 4.68. The first-order valence-corrected chi connectivity index (χ1v) is 10.0. The van der Waals surface area contributed by atoms with Crippen molar-refractivity contribution in [2.24, 2.45) is 0 Å². The van der Waals surface area contributed by atoms with Crippen LogP contribution in [-0.4, -0.2) is 41.9 Å². The zero-order valence-corrected chi connectivity index (χ0v) is 18.0. The average Bonchev–Trinajstić information content (AvgIpc) is 2.92. The first-order valence-electron chi connectivity index (χ1n) is 9.22. The van der Waals surface area contributed by atoms with E-state index in [0.717, 1.165) is 9.37 Å². The van der Waals surface area contributed by atoms with Crippen molar-refractivity contribution in [2.45, 2.75) is 19.4 Å². The summed E-state index contributed by atoms with van der Waals surface area (Å²) in [6.07, 6.45) is 0. The summed E-state index contributed by atoms with van der Waals surface area (Å²) in [7, 11) is 0. The summed E-state index contributed by atoms with van der Waals surface area (Å²) in [5.41, 5.74) is -0.276. The van der Waals surface area contributed by atoms with Gasteiger partial charge in [-0.2, -0.15) is 0 Å². The number of carbonyl (C=O) groups excluding carboxylic acids is 4. The van der Waals surface area contributed by atoms with E-state index in [1.54, 1.807) is 56.3 Å². The summed E-state index contributed by atoms with van der Waals surface area (Å²) in [5.74, 6) is -1.74. The molecule has 0 spiro atoms. The van der Waals surface area contributed by atoms with E-state index < -0.39 is 35.9 Å². The number of hydrogen-bond acceptors (Lipinski definition) is 5. The van der Waals surface area contributed by atoms with Crippen molar-refractivity contribution in [3.63, 3.8) is 0 Å². The first-order chi connectivity index (χ1) is 14.3. The second kappa shape index (κ2) is 8.66. The molecule has 0 saturated carbocycles. The van der Waals surface area contributed by atoms with E-state index in [9.17, 15) is 19.2 Å². The molecule has 4 amide bonds. The van der Waals surface area contributed by atoms with Gasteiger partial charge >= 0.3 is 12.0 Å². The van der Waals surface area contributed by atoms with Gasteiger partial charge in [0.2, 0.25) is 5.91 Å². The Morgan fingerprint density at radius 2 is 1.90 bits per heavy atom. The van der Waals surface area contributed by atoms with Crippen LogP contribution in [0.2, 0.25) is 0 Å². The first kappa shape index (κ1) is 21.5. The third-order valence-corrected chi connectivity index (χ3v) is 5.17. The molecule has 0 bridgehead atoms. The van der Waals surface area contributed by atoms with Crippen molar-refractivity contribution in [3.05, 3.63) is 64.1 Å². The monoisotopic (exact) mass is 473 g/mol. The van der Waals surface area contributed by atoms with Crippen LogP contribution in [0.3, 0.4) is 0 Å². The number of imide groups is 1. The van der Waals surface area contributed by atoms with Crippen LogP contribution in [0.5, 0.6) is 0 Å². The van der Waals surface area contributed by atoms with E-state index >= 15 is 0 Å². The Kier molecular flexibility index (Phi) is 6.21. The number of para-hydroxylation sites is 1. The Morgan fingerprint density at radius 1 is 1.17 bits per heavy atom. The molecule has 1 atom stereocenters. The van der Waals surface area contributed by atoms with Gasteiger partial charge in [0.05, 0.1) is 17.9 Å². The number of anilines is 1. The molecule has 0 aliphatic carbocycles. The second-order valence-corrected chi connectivity index (χ2v) is 7.69. The SMILES string of the molecule is CCOC(=O)c1ccccc1NC(=O)CN1C(=O)NC(C)(c2cccc(Br)c2)C1=O. The lowest BCUT2D eigenvalue weighted by Crippen LogP contribution is -2.42. The number of esters is 1. The predicted octanol–water partition coefficient (Wildman–Crippen LogP) is 3.03. The van der Waals surface area contributed by atoms with E-state index in [1.807, 2.05) is 0 Å². The van der Waals surface area contributed by atoms with Crippen LogP contribution in [0, 0.1) is 0 Å². The normalized spacial score (nSPS) is 18.2. The van der Waals surface area contributed by atoms with Crippen molar-refractivity contribution >= 4 is 45.4 Å². The van der Waals surface area contributed by atoms with Crippen molar-refractivity contribution in [3.8, 4) is 0 Å². The summed E-state index contributed by atoms with van der Waals surface area (Å²) < 4.78 is 5.74. The number of rotatable bonds is 6. The highest BCUT2D eigenvalue weighted by Crippen LogP contribution is 2.30. The third kappa shape index (κ3) is 4.20. The Balaban J connectivity index is 1.76. The van der Waals surface area contributed by atoms with Gasteiger partial charge in [0.15, 0.2) is 0 Å². The minimum Gasteiger partial charge on any atom is -0.462 e. The molecule has 8 nitrogen and oxygen atoms in total. The highest BCUT2D eigenvalue weighted by Gasteiger charge is 2.49. The molecule has 1 fully saturated rings. The smallest absolute Gasteiger partial charge is 0.340 e. The highest BCUT2D eigenvalue weighted by atomic mass is 79.9. The van der Waals surface area contributed by atoms with Crippen LogP contribution >= 0.6 is 15.9 Å². The lowest BCUT2D eigenvalue weighted by Gasteiger charge is -2.22. The van der Waals surface area contributed by atoms with Crippen molar-refractivity contribution < 1.29 is 23.9 Å².